The maximum absolute atomic E-state index is 10.9. The third-order valence-electron chi connectivity index (χ3n) is 3.90. The van der Waals surface area contributed by atoms with E-state index in [0.29, 0.717) is 17.6 Å². The van der Waals surface area contributed by atoms with Crippen molar-refractivity contribution in [3.05, 3.63) is 28.8 Å². The quantitative estimate of drug-likeness (QED) is 0.877. The SMILES string of the molecule is COc1ccc(Cl)cc1CNC1CCC(C(=O)O)CC1. The zero-order valence-electron chi connectivity index (χ0n) is 11.6. The first-order valence-electron chi connectivity index (χ1n) is 6.88. The van der Waals surface area contributed by atoms with Crippen LogP contribution in [0.15, 0.2) is 18.2 Å². The van der Waals surface area contributed by atoms with Crippen LogP contribution in [0.2, 0.25) is 5.02 Å². The van der Waals surface area contributed by atoms with E-state index in [1.165, 1.54) is 0 Å². The maximum Gasteiger partial charge on any atom is 0.306 e. The van der Waals surface area contributed by atoms with E-state index in [9.17, 15) is 4.79 Å². The smallest absolute Gasteiger partial charge is 0.306 e. The van der Waals surface area contributed by atoms with E-state index in [-0.39, 0.29) is 5.92 Å². The van der Waals surface area contributed by atoms with Crippen molar-refractivity contribution in [1.82, 2.24) is 5.32 Å². The molecule has 0 unspecified atom stereocenters. The molecule has 1 aromatic carbocycles. The summed E-state index contributed by atoms with van der Waals surface area (Å²) < 4.78 is 5.31. The van der Waals surface area contributed by atoms with Crippen LogP contribution >= 0.6 is 11.6 Å². The van der Waals surface area contributed by atoms with Crippen molar-refractivity contribution in [2.24, 2.45) is 5.92 Å². The van der Waals surface area contributed by atoms with Gasteiger partial charge in [-0.15, -0.1) is 0 Å². The second-order valence-electron chi connectivity index (χ2n) is 5.22. The molecule has 110 valence electrons. The summed E-state index contributed by atoms with van der Waals surface area (Å²) in [5, 5.41) is 13.1. The van der Waals surface area contributed by atoms with Gasteiger partial charge >= 0.3 is 5.97 Å². The molecule has 1 fully saturated rings. The van der Waals surface area contributed by atoms with Crippen molar-refractivity contribution in [2.45, 2.75) is 38.3 Å². The van der Waals surface area contributed by atoms with Gasteiger partial charge in [-0.3, -0.25) is 4.79 Å². The Balaban J connectivity index is 1.87. The molecule has 2 rings (SSSR count). The van der Waals surface area contributed by atoms with Crippen molar-refractivity contribution in [3.8, 4) is 5.75 Å². The molecule has 0 aliphatic heterocycles. The average Bonchev–Trinajstić information content (AvgIpc) is 2.45. The van der Waals surface area contributed by atoms with E-state index in [0.717, 1.165) is 37.0 Å². The van der Waals surface area contributed by atoms with Gasteiger partial charge in [0.1, 0.15) is 5.75 Å². The molecule has 1 aliphatic rings. The molecule has 0 aromatic heterocycles. The number of hydrogen-bond acceptors (Lipinski definition) is 3. The molecule has 0 heterocycles. The summed E-state index contributed by atoms with van der Waals surface area (Å²) in [6.07, 6.45) is 3.30. The number of ether oxygens (including phenoxy) is 1. The Morgan fingerprint density at radius 1 is 1.40 bits per heavy atom. The van der Waals surface area contributed by atoms with Crippen LogP contribution in [-0.2, 0) is 11.3 Å². The third-order valence-corrected chi connectivity index (χ3v) is 4.14. The summed E-state index contributed by atoms with van der Waals surface area (Å²) in [5.74, 6) is -0.0187. The Morgan fingerprint density at radius 3 is 2.70 bits per heavy atom. The minimum Gasteiger partial charge on any atom is -0.496 e. The van der Waals surface area contributed by atoms with E-state index in [1.807, 2.05) is 18.2 Å². The number of benzene rings is 1. The molecular formula is C15H20ClNO3. The Labute approximate surface area is 124 Å². The summed E-state index contributed by atoms with van der Waals surface area (Å²) in [6.45, 7) is 0.687. The molecule has 1 aromatic rings. The van der Waals surface area contributed by atoms with Gasteiger partial charge in [0, 0.05) is 23.2 Å². The lowest BCUT2D eigenvalue weighted by Crippen LogP contribution is -2.34. The van der Waals surface area contributed by atoms with Crippen LogP contribution in [0.25, 0.3) is 0 Å². The lowest BCUT2D eigenvalue weighted by Gasteiger charge is -2.27. The summed E-state index contributed by atoms with van der Waals surface area (Å²) in [6, 6.07) is 5.94. The van der Waals surface area contributed by atoms with Crippen molar-refractivity contribution in [2.75, 3.05) is 7.11 Å². The molecule has 0 amide bonds. The highest BCUT2D eigenvalue weighted by Crippen LogP contribution is 2.26. The number of carboxylic acid groups (broad SMARTS) is 1. The molecule has 0 bridgehead atoms. The number of nitrogens with one attached hydrogen (secondary N) is 1. The van der Waals surface area contributed by atoms with Gasteiger partial charge in [-0.05, 0) is 43.9 Å². The van der Waals surface area contributed by atoms with E-state index in [1.54, 1.807) is 7.11 Å². The van der Waals surface area contributed by atoms with E-state index < -0.39 is 5.97 Å². The zero-order chi connectivity index (χ0) is 14.5. The van der Waals surface area contributed by atoms with Crippen molar-refractivity contribution >= 4 is 17.6 Å². The van der Waals surface area contributed by atoms with Gasteiger partial charge in [-0.25, -0.2) is 0 Å². The standard InChI is InChI=1S/C15H20ClNO3/c1-20-14-7-4-12(16)8-11(14)9-17-13-5-2-10(3-6-13)15(18)19/h4,7-8,10,13,17H,2-3,5-6,9H2,1H3,(H,18,19). The van der Waals surface area contributed by atoms with E-state index >= 15 is 0 Å². The Morgan fingerprint density at radius 2 is 2.10 bits per heavy atom. The van der Waals surface area contributed by atoms with Gasteiger partial charge < -0.3 is 15.2 Å². The van der Waals surface area contributed by atoms with Crippen LogP contribution in [0.1, 0.15) is 31.2 Å². The predicted octanol–water partition coefficient (Wildman–Crippen LogP) is 3.08. The fourth-order valence-electron chi connectivity index (χ4n) is 2.68. The highest BCUT2D eigenvalue weighted by molar-refractivity contribution is 6.30. The van der Waals surface area contributed by atoms with Gasteiger partial charge in [0.25, 0.3) is 0 Å². The fraction of sp³-hybridized carbons (Fsp3) is 0.533. The Bertz CT molecular complexity index is 470. The Hall–Kier alpha value is -1.26. The number of carbonyl (C=O) groups is 1. The van der Waals surface area contributed by atoms with Crippen LogP contribution in [-0.4, -0.2) is 24.2 Å². The number of halogens is 1. The van der Waals surface area contributed by atoms with E-state index in [4.69, 9.17) is 21.4 Å². The van der Waals surface area contributed by atoms with Gasteiger partial charge in [0.05, 0.1) is 13.0 Å². The average molecular weight is 298 g/mol. The lowest BCUT2D eigenvalue weighted by molar-refractivity contribution is -0.142. The maximum atomic E-state index is 10.9. The summed E-state index contributed by atoms with van der Waals surface area (Å²) in [5.41, 5.74) is 1.03. The number of methoxy groups -OCH3 is 1. The fourth-order valence-corrected chi connectivity index (χ4v) is 2.88. The lowest BCUT2D eigenvalue weighted by atomic mass is 9.86. The highest BCUT2D eigenvalue weighted by atomic mass is 35.5. The van der Waals surface area contributed by atoms with Gasteiger partial charge in [-0.1, -0.05) is 11.6 Å². The largest absolute Gasteiger partial charge is 0.496 e. The molecule has 0 spiro atoms. The Kier molecular flexibility index (Phi) is 5.26. The first-order chi connectivity index (χ1) is 9.60. The second-order valence-corrected chi connectivity index (χ2v) is 5.66. The number of rotatable bonds is 5. The van der Waals surface area contributed by atoms with Crippen molar-refractivity contribution in [3.63, 3.8) is 0 Å². The summed E-state index contributed by atoms with van der Waals surface area (Å²) in [4.78, 5) is 10.9. The number of aliphatic carboxylic acids is 1. The molecule has 2 N–H and O–H groups in total. The second kappa shape index (κ2) is 6.95. The molecule has 1 saturated carbocycles. The van der Waals surface area contributed by atoms with Gasteiger partial charge in [0.2, 0.25) is 0 Å². The monoisotopic (exact) mass is 297 g/mol. The van der Waals surface area contributed by atoms with Gasteiger partial charge in [-0.2, -0.15) is 0 Å². The first-order valence-corrected chi connectivity index (χ1v) is 7.26. The topological polar surface area (TPSA) is 58.6 Å². The predicted molar refractivity (Wildman–Crippen MR) is 78.2 cm³/mol. The highest BCUT2D eigenvalue weighted by Gasteiger charge is 2.25. The minimum atomic E-state index is -0.667. The van der Waals surface area contributed by atoms with Crippen molar-refractivity contribution in [1.29, 1.82) is 0 Å². The number of carboxylic acids is 1. The molecule has 5 heteroatoms. The third kappa shape index (κ3) is 3.87. The molecule has 0 radical (unpaired) electrons. The first kappa shape index (κ1) is 15.1. The normalized spacial score (nSPS) is 22.5. The van der Waals surface area contributed by atoms with Crippen LogP contribution < -0.4 is 10.1 Å². The molecule has 0 saturated heterocycles. The van der Waals surface area contributed by atoms with Crippen LogP contribution in [0.3, 0.4) is 0 Å². The number of hydrogen-bond donors (Lipinski definition) is 2. The zero-order valence-corrected chi connectivity index (χ0v) is 12.3. The van der Waals surface area contributed by atoms with Crippen LogP contribution in [0.5, 0.6) is 5.75 Å². The summed E-state index contributed by atoms with van der Waals surface area (Å²) >= 11 is 6.00. The molecule has 20 heavy (non-hydrogen) atoms. The van der Waals surface area contributed by atoms with Crippen LogP contribution in [0, 0.1) is 5.92 Å². The van der Waals surface area contributed by atoms with E-state index in [2.05, 4.69) is 5.32 Å². The summed E-state index contributed by atoms with van der Waals surface area (Å²) in [7, 11) is 1.64. The van der Waals surface area contributed by atoms with Crippen molar-refractivity contribution < 1.29 is 14.6 Å². The molecule has 1 aliphatic carbocycles. The van der Waals surface area contributed by atoms with Gasteiger partial charge in [0.15, 0.2) is 0 Å². The van der Waals surface area contributed by atoms with Crippen LogP contribution in [0.4, 0.5) is 0 Å². The molecule has 0 atom stereocenters. The minimum absolute atomic E-state index is 0.172. The molecule has 4 nitrogen and oxygen atoms in total. The molecular weight excluding hydrogens is 278 g/mol.